The van der Waals surface area contributed by atoms with E-state index in [0.29, 0.717) is 15.1 Å². The highest BCUT2D eigenvalue weighted by molar-refractivity contribution is 7.91. The molecule has 3 aromatic carbocycles. The maximum Gasteiger partial charge on any atom is 0.287 e. The van der Waals surface area contributed by atoms with Crippen molar-refractivity contribution in [1.82, 2.24) is 0 Å². The van der Waals surface area contributed by atoms with Gasteiger partial charge >= 0.3 is 0 Å². The molecule has 1 radical (unpaired) electrons. The summed E-state index contributed by atoms with van der Waals surface area (Å²) in [5.41, 5.74) is 0. The van der Waals surface area contributed by atoms with E-state index in [1.807, 2.05) is 36.4 Å². The van der Waals surface area contributed by atoms with E-state index in [1.165, 1.54) is 0 Å². The van der Waals surface area contributed by atoms with Gasteiger partial charge in [-0.1, -0.05) is 34.8 Å². The van der Waals surface area contributed by atoms with Gasteiger partial charge in [0, 0.05) is 20.3 Å². The zero-order valence-corrected chi connectivity index (χ0v) is 15.5. The Bertz CT molecular complexity index is 707. The van der Waals surface area contributed by atoms with Crippen LogP contribution < -0.4 is 15.9 Å². The van der Waals surface area contributed by atoms with Crippen molar-refractivity contribution in [2.45, 2.75) is 0 Å². The summed E-state index contributed by atoms with van der Waals surface area (Å²) in [6, 6.07) is 21.4. The summed E-state index contributed by atoms with van der Waals surface area (Å²) in [6.45, 7) is 0. The molecule has 3 aromatic rings. The number of hydrogen-bond acceptors (Lipinski definition) is 1. The van der Waals surface area contributed by atoms with Gasteiger partial charge in [0.1, 0.15) is 15.9 Å². The van der Waals surface area contributed by atoms with Crippen molar-refractivity contribution in [1.29, 1.82) is 0 Å². The number of rotatable bonds is 4. The molecule has 0 bridgehead atoms. The van der Waals surface area contributed by atoms with Crippen LogP contribution in [-0.2, 0) is 9.93 Å². The van der Waals surface area contributed by atoms with Crippen molar-refractivity contribution in [3.63, 3.8) is 0 Å². The van der Waals surface area contributed by atoms with Crippen LogP contribution in [0, 0.1) is 0 Å². The van der Waals surface area contributed by atoms with Gasteiger partial charge in [0.25, 0.3) is 7.49 Å². The highest BCUT2D eigenvalue weighted by Gasteiger charge is 2.50. The average Bonchev–Trinajstić information content (AvgIpc) is 2.60. The monoisotopic (exact) mass is 396 g/mol. The lowest BCUT2D eigenvalue weighted by Gasteiger charge is -2.20. The van der Waals surface area contributed by atoms with Crippen molar-refractivity contribution in [2.24, 2.45) is 0 Å². The predicted molar refractivity (Wildman–Crippen MR) is 102 cm³/mol. The second-order valence-electron chi connectivity index (χ2n) is 5.11. The Labute approximate surface area is 155 Å². The van der Waals surface area contributed by atoms with E-state index < -0.39 is 7.49 Å². The van der Waals surface area contributed by atoms with Gasteiger partial charge in [-0.15, -0.1) is 0 Å². The van der Waals surface area contributed by atoms with Gasteiger partial charge in [0.15, 0.2) is 0 Å². The first-order valence-electron chi connectivity index (χ1n) is 7.05. The van der Waals surface area contributed by atoms with Crippen molar-refractivity contribution in [3.05, 3.63) is 87.9 Å². The van der Waals surface area contributed by atoms with Gasteiger partial charge in [-0.2, -0.15) is 0 Å². The van der Waals surface area contributed by atoms with Gasteiger partial charge in [-0.05, 0) is 77.5 Å². The van der Waals surface area contributed by atoms with Crippen molar-refractivity contribution in [3.8, 4) is 0 Å². The van der Waals surface area contributed by atoms with Gasteiger partial charge < -0.3 is 0 Å². The number of benzene rings is 3. The second-order valence-corrected chi connectivity index (χ2v) is 9.34. The Morgan fingerprint density at radius 3 is 1.00 bits per heavy atom. The molecule has 0 fully saturated rings. The van der Waals surface area contributed by atoms with E-state index in [0.717, 1.165) is 15.9 Å². The standard InChI is InChI=1S/C18H12Cl3O2P/c19-13-1-7-16(8-2-13)24(23-22,17-9-3-14(20)4-10-17)18-11-5-15(21)6-12-18/h1-12H/q+1. The first-order valence-corrected chi connectivity index (χ1v) is 9.89. The third-order valence-electron chi connectivity index (χ3n) is 3.68. The minimum absolute atomic E-state index is 0.593. The summed E-state index contributed by atoms with van der Waals surface area (Å²) in [5.74, 6) is 0. The van der Waals surface area contributed by atoms with Gasteiger partial charge in [-0.3, -0.25) is 0 Å². The molecule has 0 spiro atoms. The summed E-state index contributed by atoms with van der Waals surface area (Å²) < 4.78 is 4.95. The fourth-order valence-corrected chi connectivity index (χ4v) is 5.77. The molecule has 0 saturated heterocycles. The van der Waals surface area contributed by atoms with E-state index in [-0.39, 0.29) is 0 Å². The lowest BCUT2D eigenvalue weighted by atomic mass is 10.3. The Morgan fingerprint density at radius 2 is 0.792 bits per heavy atom. The third kappa shape index (κ3) is 3.32. The first-order chi connectivity index (χ1) is 11.6. The Kier molecular flexibility index (Phi) is 5.46. The molecule has 3 rings (SSSR count). The largest absolute Gasteiger partial charge is 0.287 e. The Morgan fingerprint density at radius 1 is 0.542 bits per heavy atom. The zero-order chi connectivity index (χ0) is 17.2. The third-order valence-corrected chi connectivity index (χ3v) is 7.74. The lowest BCUT2D eigenvalue weighted by Crippen LogP contribution is -2.32. The highest BCUT2D eigenvalue weighted by Crippen LogP contribution is 2.56. The summed E-state index contributed by atoms with van der Waals surface area (Å²) in [4.78, 5) is 0. The Hall–Kier alpha value is -1.12. The number of hydrogen-bond donors (Lipinski definition) is 0. The zero-order valence-electron chi connectivity index (χ0n) is 12.3. The first kappa shape index (κ1) is 17.7. The molecule has 0 N–H and O–H groups in total. The van der Waals surface area contributed by atoms with E-state index in [9.17, 15) is 5.26 Å². The lowest BCUT2D eigenvalue weighted by molar-refractivity contribution is -0.200. The van der Waals surface area contributed by atoms with E-state index >= 15 is 0 Å². The Balaban J connectivity index is 2.27. The predicted octanol–water partition coefficient (Wildman–Crippen LogP) is 5.22. The molecule has 0 aliphatic carbocycles. The van der Waals surface area contributed by atoms with E-state index in [4.69, 9.17) is 39.5 Å². The van der Waals surface area contributed by atoms with E-state index in [2.05, 4.69) is 0 Å². The quantitative estimate of drug-likeness (QED) is 0.337. The van der Waals surface area contributed by atoms with Gasteiger partial charge in [-0.25, -0.2) is 0 Å². The topological polar surface area (TPSA) is 29.1 Å². The molecular weight excluding hydrogens is 386 g/mol. The molecule has 2 nitrogen and oxygen atoms in total. The molecule has 24 heavy (non-hydrogen) atoms. The van der Waals surface area contributed by atoms with Gasteiger partial charge in [0.05, 0.1) is 0 Å². The van der Waals surface area contributed by atoms with Crippen molar-refractivity contribution in [2.75, 3.05) is 0 Å². The fourth-order valence-electron chi connectivity index (χ4n) is 2.53. The molecule has 0 atom stereocenters. The minimum atomic E-state index is -2.83. The van der Waals surface area contributed by atoms with Crippen LogP contribution in [0.5, 0.6) is 0 Å². The van der Waals surface area contributed by atoms with Crippen LogP contribution in [0.1, 0.15) is 0 Å². The maximum atomic E-state index is 12.1. The molecule has 121 valence electrons. The fraction of sp³-hybridized carbons (Fsp3) is 0. The van der Waals surface area contributed by atoms with Crippen LogP contribution in [0.3, 0.4) is 0 Å². The van der Waals surface area contributed by atoms with Crippen LogP contribution in [0.4, 0.5) is 0 Å². The molecule has 6 heteroatoms. The van der Waals surface area contributed by atoms with Crippen molar-refractivity contribution >= 4 is 58.2 Å². The van der Waals surface area contributed by atoms with Crippen molar-refractivity contribution < 1.29 is 9.93 Å². The van der Waals surface area contributed by atoms with Gasteiger partial charge in [0.2, 0.25) is 0 Å². The summed E-state index contributed by atoms with van der Waals surface area (Å²) in [6.07, 6.45) is 0. The van der Waals surface area contributed by atoms with Crippen LogP contribution in [0.2, 0.25) is 15.1 Å². The summed E-state index contributed by atoms with van der Waals surface area (Å²) >= 11 is 18.0. The molecule has 0 saturated carbocycles. The summed E-state index contributed by atoms with van der Waals surface area (Å²) in [7, 11) is -2.83. The molecule has 0 aromatic heterocycles. The normalized spacial score (nSPS) is 11.5. The highest BCUT2D eigenvalue weighted by atomic mass is 35.5. The molecular formula is C18H12Cl3O2P+. The smallest absolute Gasteiger partial charge is 0.0843 e. The van der Waals surface area contributed by atoms with Crippen LogP contribution >= 0.6 is 42.3 Å². The minimum Gasteiger partial charge on any atom is -0.0843 e. The van der Waals surface area contributed by atoms with Crippen LogP contribution in [-0.4, -0.2) is 0 Å². The van der Waals surface area contributed by atoms with E-state index in [1.54, 1.807) is 36.4 Å². The van der Waals surface area contributed by atoms with Crippen LogP contribution in [0.25, 0.3) is 0 Å². The second kappa shape index (κ2) is 7.41. The molecule has 0 aliphatic rings. The number of halogens is 3. The molecule has 0 heterocycles. The SMILES string of the molecule is [O]O[P+](c1ccc(Cl)cc1)(c1ccc(Cl)cc1)c1ccc(Cl)cc1. The maximum absolute atomic E-state index is 12.1. The molecule has 0 aliphatic heterocycles. The molecule has 0 amide bonds. The molecule has 0 unspecified atom stereocenters. The summed E-state index contributed by atoms with van der Waals surface area (Å²) in [5, 5.41) is 16.1. The van der Waals surface area contributed by atoms with Crippen LogP contribution in [0.15, 0.2) is 72.8 Å². The average molecular weight is 398 g/mol.